The lowest BCUT2D eigenvalue weighted by atomic mass is 10.2. The lowest BCUT2D eigenvalue weighted by Gasteiger charge is -2.10. The molecule has 0 bridgehead atoms. The molecule has 0 aromatic heterocycles. The number of thiol groups is 2. The Labute approximate surface area is 225 Å². The summed E-state index contributed by atoms with van der Waals surface area (Å²) in [6, 6.07) is 19.7. The van der Waals surface area contributed by atoms with E-state index in [1.807, 2.05) is 60.7 Å². The van der Waals surface area contributed by atoms with Crippen LogP contribution in [0.1, 0.15) is 50.7 Å². The van der Waals surface area contributed by atoms with Crippen molar-refractivity contribution in [3.8, 4) is 0 Å². The second kappa shape index (κ2) is 20.2. The smallest absolute Gasteiger partial charge is 0.282 e. The monoisotopic (exact) mass is 530 g/mol. The number of nitrogens with one attached hydrogen (secondary N) is 4. The van der Waals surface area contributed by atoms with Crippen molar-refractivity contribution in [2.45, 2.75) is 52.6 Å². The molecule has 0 saturated heterocycles. The average molecular weight is 531 g/mol. The maximum absolute atomic E-state index is 11.1. The third kappa shape index (κ3) is 16.6. The Morgan fingerprint density at radius 2 is 1.25 bits per heavy atom. The van der Waals surface area contributed by atoms with Gasteiger partial charge in [0.05, 0.1) is 6.54 Å². The average Bonchev–Trinajstić information content (AvgIpc) is 2.87. The van der Waals surface area contributed by atoms with E-state index in [2.05, 4.69) is 70.4 Å². The second-order valence-corrected chi connectivity index (χ2v) is 8.53. The van der Waals surface area contributed by atoms with Crippen molar-refractivity contribution in [3.05, 3.63) is 71.8 Å². The van der Waals surface area contributed by atoms with Crippen molar-refractivity contribution >= 4 is 47.7 Å². The molecule has 2 aromatic carbocycles. The van der Waals surface area contributed by atoms with Gasteiger partial charge < -0.3 is 10.6 Å². The fourth-order valence-corrected chi connectivity index (χ4v) is 2.96. The van der Waals surface area contributed by atoms with E-state index in [4.69, 9.17) is 0 Å². The quantitative estimate of drug-likeness (QED) is 0.111. The SMILES string of the molecule is CCCC/N=C(\NCCCC)NC(=O)S.O=C(S)N/C(=N\Cc1ccccc1)NCc1ccccc1. The van der Waals surface area contributed by atoms with Gasteiger partial charge >= 0.3 is 0 Å². The van der Waals surface area contributed by atoms with Gasteiger partial charge in [-0.25, -0.2) is 4.99 Å². The van der Waals surface area contributed by atoms with Crippen molar-refractivity contribution in [1.82, 2.24) is 21.3 Å². The number of guanidine groups is 2. The van der Waals surface area contributed by atoms with Crippen LogP contribution in [0.2, 0.25) is 0 Å². The highest BCUT2D eigenvalue weighted by Crippen LogP contribution is 2.01. The number of unbranched alkanes of at least 4 members (excludes halogenated alkanes) is 2. The predicted octanol–water partition coefficient (Wildman–Crippen LogP) is 5.14. The second-order valence-electron chi connectivity index (χ2n) is 7.71. The first-order chi connectivity index (χ1) is 17.4. The van der Waals surface area contributed by atoms with Crippen LogP contribution in [0.4, 0.5) is 9.59 Å². The van der Waals surface area contributed by atoms with Gasteiger partial charge in [0.1, 0.15) is 0 Å². The summed E-state index contributed by atoms with van der Waals surface area (Å²) in [5.74, 6) is 0.958. The molecule has 0 aliphatic rings. The van der Waals surface area contributed by atoms with E-state index in [0.29, 0.717) is 25.0 Å². The van der Waals surface area contributed by atoms with Gasteiger partial charge in [-0.05, 0) is 24.0 Å². The van der Waals surface area contributed by atoms with E-state index in [-0.39, 0.29) is 5.24 Å². The van der Waals surface area contributed by atoms with Gasteiger partial charge in [0, 0.05) is 19.6 Å². The maximum Gasteiger partial charge on any atom is 0.282 e. The van der Waals surface area contributed by atoms with Gasteiger partial charge in [-0.15, -0.1) is 0 Å². The molecule has 0 fully saturated rings. The molecule has 8 nitrogen and oxygen atoms in total. The normalized spacial score (nSPS) is 11.1. The van der Waals surface area contributed by atoms with Crippen molar-refractivity contribution in [2.24, 2.45) is 9.98 Å². The summed E-state index contributed by atoms with van der Waals surface area (Å²) in [6.45, 7) is 6.87. The van der Waals surface area contributed by atoms with E-state index >= 15 is 0 Å². The number of aliphatic imine (C=N–C) groups is 2. The minimum atomic E-state index is -0.442. The minimum Gasteiger partial charge on any atom is -0.356 e. The summed E-state index contributed by atoms with van der Waals surface area (Å²) in [7, 11) is 0. The fraction of sp³-hybridized carbons (Fsp3) is 0.385. The van der Waals surface area contributed by atoms with Crippen LogP contribution in [0.25, 0.3) is 0 Å². The first-order valence-corrected chi connectivity index (χ1v) is 13.0. The molecule has 0 unspecified atom stereocenters. The molecule has 36 heavy (non-hydrogen) atoms. The molecule has 0 spiro atoms. The molecule has 2 rings (SSSR count). The van der Waals surface area contributed by atoms with Crippen molar-refractivity contribution in [3.63, 3.8) is 0 Å². The van der Waals surface area contributed by atoms with E-state index in [1.54, 1.807) is 0 Å². The van der Waals surface area contributed by atoms with E-state index < -0.39 is 5.24 Å². The zero-order valence-corrected chi connectivity index (χ0v) is 22.8. The van der Waals surface area contributed by atoms with Crippen LogP contribution in [-0.4, -0.2) is 35.5 Å². The molecule has 196 valence electrons. The molecule has 4 N–H and O–H groups in total. The van der Waals surface area contributed by atoms with Crippen molar-refractivity contribution < 1.29 is 9.59 Å². The van der Waals surface area contributed by atoms with Crippen LogP contribution in [0.15, 0.2) is 70.6 Å². The predicted molar refractivity (Wildman–Crippen MR) is 156 cm³/mol. The molecule has 2 amide bonds. The highest BCUT2D eigenvalue weighted by atomic mass is 32.1. The van der Waals surface area contributed by atoms with Crippen LogP contribution in [0, 0.1) is 0 Å². The molecule has 2 aromatic rings. The fourth-order valence-electron chi connectivity index (χ4n) is 2.75. The minimum absolute atomic E-state index is 0.380. The summed E-state index contributed by atoms with van der Waals surface area (Å²) in [5.41, 5.74) is 2.18. The lowest BCUT2D eigenvalue weighted by Crippen LogP contribution is -2.39. The molecular formula is C26H38N6O2S2. The standard InChI is InChI=1S/C16H17N3OS.C10H21N3OS/c20-16(21)19-15(17-11-13-7-3-1-4-8-13)18-12-14-9-5-2-6-10-14;1-3-5-7-11-9(13-10(14)15)12-8-6-4-2/h1-10H,11-12H2,(H3,17,18,19,20,21);3-8H2,1-2H3,(H3,11,12,13,14,15). The number of carbonyl (C=O) groups is 2. The van der Waals surface area contributed by atoms with E-state index in [1.165, 1.54) is 0 Å². The highest BCUT2D eigenvalue weighted by molar-refractivity contribution is 7.96. The Morgan fingerprint density at radius 1 is 0.722 bits per heavy atom. The number of nitrogens with zero attached hydrogens (tertiary/aromatic N) is 2. The zero-order chi connectivity index (χ0) is 26.4. The number of hydrogen-bond donors (Lipinski definition) is 6. The summed E-state index contributed by atoms with van der Waals surface area (Å²) in [5, 5.41) is 10.5. The van der Waals surface area contributed by atoms with Gasteiger partial charge in [0.2, 0.25) is 0 Å². The van der Waals surface area contributed by atoms with Crippen LogP contribution >= 0.6 is 25.3 Å². The molecule has 0 atom stereocenters. The summed E-state index contributed by atoms with van der Waals surface area (Å²) < 4.78 is 0. The Morgan fingerprint density at radius 3 is 1.78 bits per heavy atom. The van der Waals surface area contributed by atoms with Crippen molar-refractivity contribution in [1.29, 1.82) is 0 Å². The zero-order valence-electron chi connectivity index (χ0n) is 21.0. The Hall–Kier alpha value is -2.98. The number of carbonyl (C=O) groups excluding carboxylic acids is 2. The van der Waals surface area contributed by atoms with Gasteiger partial charge in [-0.2, -0.15) is 0 Å². The molecule has 10 heteroatoms. The number of amides is 2. The summed E-state index contributed by atoms with van der Waals surface area (Å²) in [6.07, 6.45) is 4.31. The Kier molecular flexibility index (Phi) is 17.5. The van der Waals surface area contributed by atoms with E-state index in [0.717, 1.165) is 49.9 Å². The van der Waals surface area contributed by atoms with Crippen molar-refractivity contribution in [2.75, 3.05) is 13.1 Å². The molecular weight excluding hydrogens is 492 g/mol. The first kappa shape index (κ1) is 31.1. The van der Waals surface area contributed by atoms with E-state index in [9.17, 15) is 9.59 Å². The largest absolute Gasteiger partial charge is 0.356 e. The molecule has 0 heterocycles. The van der Waals surface area contributed by atoms with Crippen LogP contribution in [0.3, 0.4) is 0 Å². The third-order valence-electron chi connectivity index (χ3n) is 4.62. The maximum atomic E-state index is 11.1. The lowest BCUT2D eigenvalue weighted by molar-refractivity contribution is 0.263. The van der Waals surface area contributed by atoms with Gasteiger partial charge in [-0.3, -0.25) is 25.2 Å². The van der Waals surface area contributed by atoms with Crippen LogP contribution in [-0.2, 0) is 13.1 Å². The highest BCUT2D eigenvalue weighted by Gasteiger charge is 2.02. The Balaban J connectivity index is 0.000000384. The number of hydrogen-bond acceptors (Lipinski definition) is 4. The van der Waals surface area contributed by atoms with Gasteiger partial charge in [0.15, 0.2) is 11.9 Å². The summed E-state index contributed by atoms with van der Waals surface area (Å²) in [4.78, 5) is 30.5. The van der Waals surface area contributed by atoms with Crippen LogP contribution < -0.4 is 21.3 Å². The summed E-state index contributed by atoms with van der Waals surface area (Å²) >= 11 is 7.38. The molecule has 0 aliphatic heterocycles. The van der Waals surface area contributed by atoms with Crippen LogP contribution in [0.5, 0.6) is 0 Å². The third-order valence-corrected chi connectivity index (χ3v) is 4.84. The molecule has 0 saturated carbocycles. The molecule has 0 radical (unpaired) electrons. The number of rotatable bonds is 10. The topological polar surface area (TPSA) is 107 Å². The first-order valence-electron chi connectivity index (χ1n) is 12.1. The number of benzene rings is 2. The van der Waals surface area contributed by atoms with Gasteiger partial charge in [0.25, 0.3) is 10.5 Å². The molecule has 0 aliphatic carbocycles. The van der Waals surface area contributed by atoms with Gasteiger partial charge in [-0.1, -0.05) is 113 Å². The Bertz CT molecular complexity index is 940.